The smallest absolute Gasteiger partial charge is 0.125 e. The van der Waals surface area contributed by atoms with Gasteiger partial charge in [0.2, 0.25) is 0 Å². The first-order valence-electron chi connectivity index (χ1n) is 6.53. The summed E-state index contributed by atoms with van der Waals surface area (Å²) in [6, 6.07) is 3.77. The number of amidine groups is 1. The second-order valence-corrected chi connectivity index (χ2v) is 4.97. The average molecular weight is 272 g/mol. The molecule has 5 heteroatoms. The van der Waals surface area contributed by atoms with Crippen LogP contribution in [0.5, 0.6) is 5.75 Å². The number of hydrogen-bond acceptors (Lipinski definition) is 3. The van der Waals surface area contributed by atoms with Crippen LogP contribution in [0.25, 0.3) is 0 Å². The third-order valence-corrected chi connectivity index (χ3v) is 3.17. The molecule has 3 N–H and O–H groups in total. The lowest BCUT2D eigenvalue weighted by atomic mass is 10.1. The summed E-state index contributed by atoms with van der Waals surface area (Å²) in [6.45, 7) is 4.55. The molecule has 0 bridgehead atoms. The summed E-state index contributed by atoms with van der Waals surface area (Å²) in [4.78, 5) is 0. The average Bonchev–Trinajstić information content (AvgIpc) is 2.78. The van der Waals surface area contributed by atoms with Gasteiger partial charge < -0.3 is 10.5 Å². The van der Waals surface area contributed by atoms with Gasteiger partial charge in [-0.3, -0.25) is 10.1 Å². The van der Waals surface area contributed by atoms with Crippen molar-refractivity contribution < 1.29 is 4.74 Å². The molecule has 0 fully saturated rings. The van der Waals surface area contributed by atoms with Gasteiger partial charge in [0.25, 0.3) is 0 Å². The Labute approximate surface area is 118 Å². The van der Waals surface area contributed by atoms with Crippen molar-refractivity contribution in [3.8, 4) is 5.75 Å². The van der Waals surface area contributed by atoms with Gasteiger partial charge in [-0.05, 0) is 42.7 Å². The first-order chi connectivity index (χ1) is 9.47. The Bertz CT molecular complexity index is 608. The second kappa shape index (κ2) is 5.77. The molecular weight excluding hydrogens is 252 g/mol. The normalized spacial score (nSPS) is 10.6. The van der Waals surface area contributed by atoms with Crippen molar-refractivity contribution >= 4 is 5.84 Å². The number of hydrogen-bond donors (Lipinski definition) is 2. The topological polar surface area (TPSA) is 76.9 Å². The van der Waals surface area contributed by atoms with E-state index in [2.05, 4.69) is 5.10 Å². The van der Waals surface area contributed by atoms with Gasteiger partial charge in [0.15, 0.2) is 0 Å². The van der Waals surface area contributed by atoms with E-state index in [0.717, 1.165) is 34.4 Å². The maximum absolute atomic E-state index is 7.48. The molecule has 0 aliphatic heterocycles. The predicted octanol–water partition coefficient (Wildman–Crippen LogP) is 1.94. The van der Waals surface area contributed by atoms with Crippen LogP contribution < -0.4 is 10.5 Å². The number of aryl methyl sites for hydroxylation is 3. The SMILES string of the molecule is Cc1cc(C(=N)N)cc(C)c1OCCc1cnn(C)c1. The lowest BCUT2D eigenvalue weighted by Gasteiger charge is -2.13. The van der Waals surface area contributed by atoms with Crippen molar-refractivity contribution in [1.29, 1.82) is 5.41 Å². The van der Waals surface area contributed by atoms with Crippen LogP contribution >= 0.6 is 0 Å². The molecule has 0 saturated heterocycles. The van der Waals surface area contributed by atoms with Crippen LogP contribution in [0.3, 0.4) is 0 Å². The van der Waals surface area contributed by atoms with Gasteiger partial charge in [-0.1, -0.05) is 0 Å². The summed E-state index contributed by atoms with van der Waals surface area (Å²) in [5.74, 6) is 0.956. The van der Waals surface area contributed by atoms with Crippen LogP contribution in [0, 0.1) is 19.3 Å². The number of aromatic nitrogens is 2. The van der Waals surface area contributed by atoms with Crippen molar-refractivity contribution in [3.63, 3.8) is 0 Å². The maximum atomic E-state index is 7.48. The van der Waals surface area contributed by atoms with Gasteiger partial charge in [0.1, 0.15) is 11.6 Å². The van der Waals surface area contributed by atoms with E-state index in [-0.39, 0.29) is 5.84 Å². The van der Waals surface area contributed by atoms with E-state index in [1.54, 1.807) is 4.68 Å². The molecule has 2 rings (SSSR count). The van der Waals surface area contributed by atoms with E-state index in [1.807, 2.05) is 45.4 Å². The number of benzene rings is 1. The Kier molecular flexibility index (Phi) is 4.08. The Morgan fingerprint density at radius 2 is 2.00 bits per heavy atom. The number of ether oxygens (including phenoxy) is 1. The lowest BCUT2D eigenvalue weighted by Crippen LogP contribution is -2.12. The van der Waals surface area contributed by atoms with Gasteiger partial charge in [-0.15, -0.1) is 0 Å². The zero-order valence-corrected chi connectivity index (χ0v) is 12.1. The highest BCUT2D eigenvalue weighted by atomic mass is 16.5. The van der Waals surface area contributed by atoms with E-state index in [9.17, 15) is 0 Å². The minimum Gasteiger partial charge on any atom is -0.493 e. The molecule has 0 unspecified atom stereocenters. The number of rotatable bonds is 5. The van der Waals surface area contributed by atoms with Crippen LogP contribution in [0.15, 0.2) is 24.5 Å². The Morgan fingerprint density at radius 3 is 2.50 bits per heavy atom. The highest BCUT2D eigenvalue weighted by molar-refractivity contribution is 5.95. The highest BCUT2D eigenvalue weighted by Crippen LogP contribution is 2.24. The van der Waals surface area contributed by atoms with Gasteiger partial charge in [0, 0.05) is 25.2 Å². The molecule has 0 aliphatic rings. The molecule has 0 radical (unpaired) electrons. The van der Waals surface area contributed by atoms with Gasteiger partial charge in [-0.2, -0.15) is 5.10 Å². The molecule has 5 nitrogen and oxygen atoms in total. The molecule has 0 saturated carbocycles. The number of nitrogens with zero attached hydrogens (tertiary/aromatic N) is 2. The highest BCUT2D eigenvalue weighted by Gasteiger charge is 2.08. The molecule has 0 amide bonds. The zero-order valence-electron chi connectivity index (χ0n) is 12.1. The minimum absolute atomic E-state index is 0.0816. The Balaban J connectivity index is 2.04. The summed E-state index contributed by atoms with van der Waals surface area (Å²) in [5.41, 5.74) is 9.41. The van der Waals surface area contributed by atoms with Gasteiger partial charge >= 0.3 is 0 Å². The molecule has 20 heavy (non-hydrogen) atoms. The lowest BCUT2D eigenvalue weighted by molar-refractivity contribution is 0.317. The van der Waals surface area contributed by atoms with E-state index in [4.69, 9.17) is 15.9 Å². The minimum atomic E-state index is 0.0816. The molecule has 0 atom stereocenters. The Hall–Kier alpha value is -2.30. The standard InChI is InChI=1S/C15H20N4O/c1-10-6-13(15(16)17)7-11(2)14(10)20-5-4-12-8-18-19(3)9-12/h6-9H,4-5H2,1-3H3,(H3,16,17). The molecule has 106 valence electrons. The molecule has 0 spiro atoms. The molecule has 1 aromatic heterocycles. The largest absolute Gasteiger partial charge is 0.493 e. The van der Waals surface area contributed by atoms with E-state index in [1.165, 1.54) is 0 Å². The van der Waals surface area contributed by atoms with E-state index < -0.39 is 0 Å². The monoisotopic (exact) mass is 272 g/mol. The van der Waals surface area contributed by atoms with Crippen molar-refractivity contribution in [3.05, 3.63) is 46.8 Å². The Morgan fingerprint density at radius 1 is 1.35 bits per heavy atom. The van der Waals surface area contributed by atoms with Crippen LogP contribution in [-0.4, -0.2) is 22.2 Å². The predicted molar refractivity (Wildman–Crippen MR) is 79.3 cm³/mol. The van der Waals surface area contributed by atoms with Crippen molar-refractivity contribution in [2.24, 2.45) is 12.8 Å². The third-order valence-electron chi connectivity index (χ3n) is 3.17. The summed E-state index contributed by atoms with van der Waals surface area (Å²) in [6.07, 6.45) is 4.66. The fraction of sp³-hybridized carbons (Fsp3) is 0.333. The van der Waals surface area contributed by atoms with E-state index in [0.29, 0.717) is 6.61 Å². The summed E-state index contributed by atoms with van der Waals surface area (Å²) in [5, 5.41) is 11.6. The van der Waals surface area contributed by atoms with Crippen LogP contribution in [0.2, 0.25) is 0 Å². The first kappa shape index (κ1) is 14.1. The van der Waals surface area contributed by atoms with Crippen LogP contribution in [-0.2, 0) is 13.5 Å². The zero-order chi connectivity index (χ0) is 14.7. The molecule has 0 aliphatic carbocycles. The number of nitrogen functional groups attached to an aromatic ring is 1. The van der Waals surface area contributed by atoms with Crippen LogP contribution in [0.4, 0.5) is 0 Å². The summed E-state index contributed by atoms with van der Waals surface area (Å²) in [7, 11) is 1.90. The van der Waals surface area contributed by atoms with Gasteiger partial charge in [-0.25, -0.2) is 0 Å². The van der Waals surface area contributed by atoms with Crippen LogP contribution in [0.1, 0.15) is 22.3 Å². The third kappa shape index (κ3) is 3.17. The quantitative estimate of drug-likeness (QED) is 0.645. The summed E-state index contributed by atoms with van der Waals surface area (Å²) >= 11 is 0. The van der Waals surface area contributed by atoms with Crippen molar-refractivity contribution in [2.75, 3.05) is 6.61 Å². The van der Waals surface area contributed by atoms with E-state index >= 15 is 0 Å². The fourth-order valence-electron chi connectivity index (χ4n) is 2.21. The fourth-order valence-corrected chi connectivity index (χ4v) is 2.21. The molecule has 2 aromatic rings. The first-order valence-corrected chi connectivity index (χ1v) is 6.53. The number of nitrogens with one attached hydrogen (secondary N) is 1. The molecule has 1 heterocycles. The second-order valence-electron chi connectivity index (χ2n) is 4.97. The molecule has 1 aromatic carbocycles. The van der Waals surface area contributed by atoms with Crippen molar-refractivity contribution in [2.45, 2.75) is 20.3 Å². The van der Waals surface area contributed by atoms with Crippen molar-refractivity contribution in [1.82, 2.24) is 9.78 Å². The molecular formula is C15H20N4O. The van der Waals surface area contributed by atoms with Gasteiger partial charge in [0.05, 0.1) is 12.8 Å². The summed E-state index contributed by atoms with van der Waals surface area (Å²) < 4.78 is 7.65. The number of nitrogens with two attached hydrogens (primary N) is 1. The maximum Gasteiger partial charge on any atom is 0.125 e.